The summed E-state index contributed by atoms with van der Waals surface area (Å²) in [5.41, 5.74) is -0.809. The Morgan fingerprint density at radius 3 is 2.56 bits per heavy atom. The molecule has 142 valence electrons. The van der Waals surface area contributed by atoms with Crippen molar-refractivity contribution >= 4 is 5.97 Å². The molecule has 5 unspecified atom stereocenters. The van der Waals surface area contributed by atoms with Gasteiger partial charge in [0, 0.05) is 5.57 Å². The molecular weight excluding hydrogens is 320 g/mol. The van der Waals surface area contributed by atoms with Crippen LogP contribution in [0.3, 0.4) is 0 Å². The van der Waals surface area contributed by atoms with Crippen molar-refractivity contribution in [2.75, 3.05) is 0 Å². The Kier molecular flexibility index (Phi) is 6.13. The number of allylic oxidation sites excluding steroid dienone is 2. The standard InChI is InChI=1S/C20H32O5/c1-13-6-5-10-20(4,24)17-12-15(14(2)18(22)25-17)9-11-19(3,23)16(21)8-7-13/h6,15-17,21,23-24H,2,5,7-12H2,1,3-4H3. The molecule has 3 N–H and O–H groups in total. The van der Waals surface area contributed by atoms with Gasteiger partial charge in [-0.1, -0.05) is 18.2 Å². The van der Waals surface area contributed by atoms with E-state index < -0.39 is 29.4 Å². The smallest absolute Gasteiger partial charge is 0.334 e. The second-order valence-electron chi connectivity index (χ2n) is 8.25. The van der Waals surface area contributed by atoms with Crippen molar-refractivity contribution < 1.29 is 24.9 Å². The Hall–Kier alpha value is -1.17. The fourth-order valence-corrected chi connectivity index (χ4v) is 3.68. The molecule has 1 aliphatic heterocycles. The van der Waals surface area contributed by atoms with Gasteiger partial charge in [0.2, 0.25) is 0 Å². The molecule has 5 atom stereocenters. The van der Waals surface area contributed by atoms with Gasteiger partial charge < -0.3 is 20.1 Å². The highest BCUT2D eigenvalue weighted by Gasteiger charge is 2.42. The van der Waals surface area contributed by atoms with Crippen LogP contribution in [0.2, 0.25) is 0 Å². The molecule has 1 fully saturated rings. The van der Waals surface area contributed by atoms with Gasteiger partial charge in [-0.2, -0.15) is 0 Å². The second-order valence-corrected chi connectivity index (χ2v) is 8.25. The number of carbonyl (C=O) groups is 1. The van der Waals surface area contributed by atoms with E-state index in [9.17, 15) is 20.1 Å². The summed E-state index contributed by atoms with van der Waals surface area (Å²) < 4.78 is 5.42. The number of aliphatic hydroxyl groups is 3. The zero-order valence-corrected chi connectivity index (χ0v) is 15.6. The number of hydrogen-bond acceptors (Lipinski definition) is 5. The zero-order chi connectivity index (χ0) is 18.8. The maximum atomic E-state index is 12.2. The molecule has 2 aliphatic rings. The van der Waals surface area contributed by atoms with Crippen molar-refractivity contribution in [1.82, 2.24) is 0 Å². The summed E-state index contributed by atoms with van der Waals surface area (Å²) >= 11 is 0. The Morgan fingerprint density at radius 1 is 1.20 bits per heavy atom. The van der Waals surface area contributed by atoms with Gasteiger partial charge in [-0.15, -0.1) is 0 Å². The summed E-state index contributed by atoms with van der Waals surface area (Å²) in [4.78, 5) is 12.2. The Morgan fingerprint density at radius 2 is 1.88 bits per heavy atom. The van der Waals surface area contributed by atoms with Gasteiger partial charge in [0.1, 0.15) is 6.10 Å². The molecule has 2 bridgehead atoms. The van der Waals surface area contributed by atoms with Gasteiger partial charge in [0.15, 0.2) is 0 Å². The van der Waals surface area contributed by atoms with Crippen LogP contribution >= 0.6 is 0 Å². The van der Waals surface area contributed by atoms with Gasteiger partial charge in [-0.3, -0.25) is 0 Å². The van der Waals surface area contributed by atoms with E-state index in [1.165, 1.54) is 0 Å². The molecule has 0 amide bonds. The van der Waals surface area contributed by atoms with Crippen LogP contribution in [0.25, 0.3) is 0 Å². The van der Waals surface area contributed by atoms with Crippen LogP contribution in [0, 0.1) is 5.92 Å². The van der Waals surface area contributed by atoms with Crippen LogP contribution in [-0.2, 0) is 9.53 Å². The van der Waals surface area contributed by atoms with Crippen molar-refractivity contribution in [2.45, 2.75) is 89.1 Å². The molecule has 0 aromatic rings. The number of esters is 1. The van der Waals surface area contributed by atoms with Gasteiger partial charge in [0.25, 0.3) is 0 Å². The first-order valence-electron chi connectivity index (χ1n) is 9.21. The second kappa shape index (κ2) is 7.60. The monoisotopic (exact) mass is 352 g/mol. The minimum atomic E-state index is -1.22. The van der Waals surface area contributed by atoms with Gasteiger partial charge in [0.05, 0.1) is 17.3 Å². The van der Waals surface area contributed by atoms with Crippen LogP contribution in [0.4, 0.5) is 0 Å². The highest BCUT2D eigenvalue weighted by Crippen LogP contribution is 2.37. The highest BCUT2D eigenvalue weighted by molar-refractivity contribution is 5.89. The number of rotatable bonds is 0. The van der Waals surface area contributed by atoms with Crippen LogP contribution in [0.1, 0.15) is 65.7 Å². The minimum absolute atomic E-state index is 0.156. The van der Waals surface area contributed by atoms with Crippen molar-refractivity contribution in [3.63, 3.8) is 0 Å². The van der Waals surface area contributed by atoms with Crippen molar-refractivity contribution in [3.05, 3.63) is 23.8 Å². The van der Waals surface area contributed by atoms with E-state index in [1.54, 1.807) is 13.8 Å². The fourth-order valence-electron chi connectivity index (χ4n) is 3.68. The molecule has 2 rings (SSSR count). The molecule has 5 nitrogen and oxygen atoms in total. The lowest BCUT2D eigenvalue weighted by atomic mass is 9.77. The first-order valence-corrected chi connectivity index (χ1v) is 9.21. The van der Waals surface area contributed by atoms with E-state index in [4.69, 9.17) is 4.74 Å². The van der Waals surface area contributed by atoms with Crippen LogP contribution in [0.5, 0.6) is 0 Å². The van der Waals surface area contributed by atoms with Gasteiger partial charge in [-0.25, -0.2) is 4.79 Å². The van der Waals surface area contributed by atoms with E-state index in [-0.39, 0.29) is 5.92 Å². The van der Waals surface area contributed by atoms with Crippen molar-refractivity contribution in [2.24, 2.45) is 5.92 Å². The molecular formula is C20H32O5. The summed E-state index contributed by atoms with van der Waals surface area (Å²) in [6, 6.07) is 0. The van der Waals surface area contributed by atoms with E-state index in [2.05, 4.69) is 6.58 Å². The number of carbonyl (C=O) groups excluding carboxylic acids is 1. The fraction of sp³-hybridized carbons (Fsp3) is 0.750. The SMILES string of the molecule is C=C1C(=O)OC2CC1CCC(C)(O)C(O)CCC(C)=CCCC2(C)O. The maximum absolute atomic E-state index is 12.2. The normalized spacial score (nSPS) is 41.5. The zero-order valence-electron chi connectivity index (χ0n) is 15.6. The first kappa shape index (κ1) is 20.1. The van der Waals surface area contributed by atoms with Crippen molar-refractivity contribution in [3.8, 4) is 0 Å². The molecule has 0 spiro atoms. The third kappa shape index (κ3) is 4.93. The average Bonchev–Trinajstić information content (AvgIpc) is 2.52. The molecule has 1 heterocycles. The van der Waals surface area contributed by atoms with Crippen LogP contribution in [-0.4, -0.2) is 44.7 Å². The van der Waals surface area contributed by atoms with Crippen molar-refractivity contribution in [1.29, 1.82) is 0 Å². The number of aliphatic hydroxyl groups excluding tert-OH is 1. The Labute approximate surface area is 150 Å². The Balaban J connectivity index is 2.26. The molecule has 5 heteroatoms. The maximum Gasteiger partial charge on any atom is 0.334 e. The third-order valence-electron chi connectivity index (χ3n) is 5.87. The summed E-state index contributed by atoms with van der Waals surface area (Å²) in [6.45, 7) is 9.17. The largest absolute Gasteiger partial charge is 0.456 e. The average molecular weight is 352 g/mol. The summed E-state index contributed by atoms with van der Waals surface area (Å²) in [7, 11) is 0. The predicted molar refractivity (Wildman–Crippen MR) is 95.8 cm³/mol. The molecule has 0 radical (unpaired) electrons. The quantitative estimate of drug-likeness (QED) is 0.354. The summed E-state index contributed by atoms with van der Waals surface area (Å²) in [6.07, 6.45) is 4.39. The lowest BCUT2D eigenvalue weighted by molar-refractivity contribution is -0.169. The van der Waals surface area contributed by atoms with Crippen LogP contribution < -0.4 is 0 Å². The molecule has 25 heavy (non-hydrogen) atoms. The van der Waals surface area contributed by atoms with Crippen LogP contribution in [0.15, 0.2) is 23.8 Å². The number of fused-ring (bicyclic) bond motifs is 2. The lowest BCUT2D eigenvalue weighted by Gasteiger charge is -2.40. The van der Waals surface area contributed by atoms with Gasteiger partial charge >= 0.3 is 5.97 Å². The van der Waals surface area contributed by atoms with E-state index >= 15 is 0 Å². The highest BCUT2D eigenvalue weighted by atomic mass is 16.6. The Bertz CT molecular complexity index is 546. The summed E-state index contributed by atoms with van der Waals surface area (Å²) in [5.74, 6) is -0.628. The van der Waals surface area contributed by atoms with Gasteiger partial charge in [-0.05, 0) is 71.6 Å². The number of hydrogen-bond donors (Lipinski definition) is 3. The molecule has 1 saturated heterocycles. The van der Waals surface area contributed by atoms with E-state index in [0.29, 0.717) is 50.5 Å². The lowest BCUT2D eigenvalue weighted by Crippen LogP contribution is -2.47. The number of ether oxygens (including phenoxy) is 1. The third-order valence-corrected chi connectivity index (χ3v) is 5.87. The minimum Gasteiger partial charge on any atom is -0.456 e. The molecule has 1 aliphatic carbocycles. The first-order chi connectivity index (χ1) is 11.5. The van der Waals surface area contributed by atoms with E-state index in [1.807, 2.05) is 13.0 Å². The van der Waals surface area contributed by atoms with E-state index in [0.717, 1.165) is 5.57 Å². The molecule has 0 saturated carbocycles. The molecule has 0 aromatic carbocycles. The summed E-state index contributed by atoms with van der Waals surface area (Å²) in [5, 5.41) is 31.8. The molecule has 0 aromatic heterocycles. The predicted octanol–water partition coefficient (Wildman–Crippen LogP) is 2.64. The topological polar surface area (TPSA) is 87.0 Å².